The van der Waals surface area contributed by atoms with Crippen LogP contribution in [-0.4, -0.2) is 32.2 Å². The fourth-order valence-electron chi connectivity index (χ4n) is 3.05. The highest BCUT2D eigenvalue weighted by atomic mass is 16.5. The summed E-state index contributed by atoms with van der Waals surface area (Å²) >= 11 is 0. The molecule has 0 aliphatic carbocycles. The van der Waals surface area contributed by atoms with Gasteiger partial charge in [-0.25, -0.2) is 0 Å². The SMILES string of the molecule is COc1cc(NC(=O)[C@@H](C#N)Cc2ccc3[nH]ccc3c2)cc(OC)c1OC. The zero-order chi connectivity index (χ0) is 20.1. The quantitative estimate of drug-likeness (QED) is 0.655. The number of H-pyrrole nitrogens is 1. The molecule has 1 heterocycles. The van der Waals surface area contributed by atoms with Crippen LogP contribution in [0.5, 0.6) is 17.2 Å². The summed E-state index contributed by atoms with van der Waals surface area (Å²) in [6.07, 6.45) is 2.17. The monoisotopic (exact) mass is 379 g/mol. The molecular formula is C21H21N3O4. The highest BCUT2D eigenvalue weighted by Crippen LogP contribution is 2.40. The maximum absolute atomic E-state index is 12.7. The molecule has 1 atom stereocenters. The van der Waals surface area contributed by atoms with E-state index >= 15 is 0 Å². The number of carbonyl (C=O) groups is 1. The van der Waals surface area contributed by atoms with Crippen molar-refractivity contribution in [3.63, 3.8) is 0 Å². The second-order valence-electron chi connectivity index (χ2n) is 6.19. The number of benzene rings is 2. The standard InChI is InChI=1S/C21H21N3O4/c1-26-18-10-16(11-19(27-2)20(18)28-3)24-21(25)15(12-22)9-13-4-5-17-14(8-13)6-7-23-17/h4-8,10-11,15,23H,9H2,1-3H3,(H,24,25)/t15-/m1/s1. The summed E-state index contributed by atoms with van der Waals surface area (Å²) in [4.78, 5) is 15.8. The summed E-state index contributed by atoms with van der Waals surface area (Å²) in [7, 11) is 4.50. The molecule has 0 fully saturated rings. The first-order valence-electron chi connectivity index (χ1n) is 8.66. The molecule has 1 aromatic heterocycles. The van der Waals surface area contributed by atoms with E-state index in [1.807, 2.05) is 30.5 Å². The molecule has 0 radical (unpaired) electrons. The normalized spacial score (nSPS) is 11.5. The van der Waals surface area contributed by atoms with Crippen molar-refractivity contribution < 1.29 is 19.0 Å². The number of nitriles is 1. The number of aromatic amines is 1. The number of carbonyl (C=O) groups excluding carboxylic acids is 1. The lowest BCUT2D eigenvalue weighted by Gasteiger charge is -2.16. The minimum absolute atomic E-state index is 0.313. The van der Waals surface area contributed by atoms with Crippen LogP contribution in [0.2, 0.25) is 0 Å². The molecule has 2 aromatic carbocycles. The fraction of sp³-hybridized carbons (Fsp3) is 0.238. The number of methoxy groups -OCH3 is 3. The third-order valence-electron chi connectivity index (χ3n) is 4.46. The van der Waals surface area contributed by atoms with Crippen LogP contribution in [0.4, 0.5) is 5.69 Å². The average molecular weight is 379 g/mol. The van der Waals surface area contributed by atoms with E-state index in [0.29, 0.717) is 29.4 Å². The number of anilines is 1. The van der Waals surface area contributed by atoms with Crippen LogP contribution in [0.15, 0.2) is 42.6 Å². The first kappa shape index (κ1) is 19.1. The lowest BCUT2D eigenvalue weighted by molar-refractivity contribution is -0.118. The number of ether oxygens (including phenoxy) is 3. The van der Waals surface area contributed by atoms with E-state index < -0.39 is 11.8 Å². The van der Waals surface area contributed by atoms with Gasteiger partial charge in [0.25, 0.3) is 0 Å². The second kappa shape index (κ2) is 8.35. The van der Waals surface area contributed by atoms with Crippen LogP contribution in [0.25, 0.3) is 10.9 Å². The van der Waals surface area contributed by atoms with E-state index in [-0.39, 0.29) is 0 Å². The highest BCUT2D eigenvalue weighted by molar-refractivity contribution is 5.95. The smallest absolute Gasteiger partial charge is 0.242 e. The Morgan fingerprint density at radius 3 is 2.43 bits per heavy atom. The van der Waals surface area contributed by atoms with Gasteiger partial charge in [0.05, 0.1) is 27.4 Å². The number of amides is 1. The summed E-state index contributed by atoms with van der Waals surface area (Å²) in [5.41, 5.74) is 2.39. The number of aromatic nitrogens is 1. The number of rotatable bonds is 7. The lowest BCUT2D eigenvalue weighted by atomic mass is 9.98. The zero-order valence-corrected chi connectivity index (χ0v) is 15.9. The Balaban J connectivity index is 1.79. The van der Waals surface area contributed by atoms with Gasteiger partial charge in [0.2, 0.25) is 11.7 Å². The Hall–Kier alpha value is -3.66. The van der Waals surface area contributed by atoms with E-state index in [1.165, 1.54) is 21.3 Å². The van der Waals surface area contributed by atoms with E-state index in [4.69, 9.17) is 14.2 Å². The summed E-state index contributed by atoms with van der Waals surface area (Å²) in [5.74, 6) is 0.0354. The molecule has 144 valence electrons. The van der Waals surface area contributed by atoms with E-state index in [9.17, 15) is 10.1 Å². The van der Waals surface area contributed by atoms with E-state index in [1.54, 1.807) is 12.1 Å². The highest BCUT2D eigenvalue weighted by Gasteiger charge is 2.21. The van der Waals surface area contributed by atoms with Gasteiger partial charge in [-0.15, -0.1) is 0 Å². The number of nitrogens with zero attached hydrogens (tertiary/aromatic N) is 1. The lowest BCUT2D eigenvalue weighted by Crippen LogP contribution is -2.23. The average Bonchev–Trinajstić information content (AvgIpc) is 3.18. The van der Waals surface area contributed by atoms with Crippen molar-refractivity contribution in [1.29, 1.82) is 5.26 Å². The molecule has 2 N–H and O–H groups in total. The largest absolute Gasteiger partial charge is 0.493 e. The third-order valence-corrected chi connectivity index (χ3v) is 4.46. The predicted octanol–water partition coefficient (Wildman–Crippen LogP) is 3.51. The van der Waals surface area contributed by atoms with Crippen molar-refractivity contribution in [1.82, 2.24) is 4.98 Å². The van der Waals surface area contributed by atoms with Gasteiger partial charge < -0.3 is 24.5 Å². The number of nitrogens with one attached hydrogen (secondary N) is 2. The van der Waals surface area contributed by atoms with Crippen molar-refractivity contribution in [3.8, 4) is 23.3 Å². The molecule has 3 rings (SSSR count). The third kappa shape index (κ3) is 3.86. The topological polar surface area (TPSA) is 96.4 Å². The van der Waals surface area contributed by atoms with Crippen LogP contribution in [0.1, 0.15) is 5.56 Å². The maximum Gasteiger partial charge on any atom is 0.242 e. The van der Waals surface area contributed by atoms with Crippen LogP contribution in [-0.2, 0) is 11.2 Å². The Labute approximate surface area is 162 Å². The number of hydrogen-bond acceptors (Lipinski definition) is 5. The molecule has 0 spiro atoms. The van der Waals surface area contributed by atoms with Crippen molar-refractivity contribution >= 4 is 22.5 Å². The van der Waals surface area contributed by atoms with Crippen molar-refractivity contribution in [2.24, 2.45) is 5.92 Å². The fourth-order valence-corrected chi connectivity index (χ4v) is 3.05. The molecule has 7 nitrogen and oxygen atoms in total. The summed E-state index contributed by atoms with van der Waals surface area (Å²) in [5, 5.41) is 13.3. The minimum Gasteiger partial charge on any atom is -0.493 e. The molecular weight excluding hydrogens is 358 g/mol. The number of hydrogen-bond donors (Lipinski definition) is 2. The van der Waals surface area contributed by atoms with Gasteiger partial charge in [-0.05, 0) is 35.6 Å². The van der Waals surface area contributed by atoms with E-state index in [2.05, 4.69) is 16.4 Å². The van der Waals surface area contributed by atoms with Gasteiger partial charge in [-0.2, -0.15) is 5.26 Å². The van der Waals surface area contributed by atoms with Gasteiger partial charge in [-0.3, -0.25) is 4.79 Å². The van der Waals surface area contributed by atoms with Crippen LogP contribution >= 0.6 is 0 Å². The second-order valence-corrected chi connectivity index (χ2v) is 6.19. The first-order valence-corrected chi connectivity index (χ1v) is 8.66. The van der Waals surface area contributed by atoms with Gasteiger partial charge in [0.15, 0.2) is 11.5 Å². The Kier molecular flexibility index (Phi) is 5.70. The Morgan fingerprint density at radius 1 is 1.11 bits per heavy atom. The molecule has 0 saturated carbocycles. The molecule has 0 saturated heterocycles. The molecule has 3 aromatic rings. The van der Waals surface area contributed by atoms with Crippen molar-refractivity contribution in [2.75, 3.05) is 26.6 Å². The van der Waals surface area contributed by atoms with Crippen LogP contribution in [0.3, 0.4) is 0 Å². The van der Waals surface area contributed by atoms with Gasteiger partial charge in [-0.1, -0.05) is 6.07 Å². The molecule has 0 aliphatic rings. The summed E-state index contributed by atoms with van der Waals surface area (Å²) in [6.45, 7) is 0. The minimum atomic E-state index is -0.838. The molecule has 28 heavy (non-hydrogen) atoms. The Morgan fingerprint density at radius 2 is 1.82 bits per heavy atom. The zero-order valence-electron chi connectivity index (χ0n) is 15.9. The van der Waals surface area contributed by atoms with Crippen molar-refractivity contribution in [2.45, 2.75) is 6.42 Å². The maximum atomic E-state index is 12.7. The van der Waals surface area contributed by atoms with Crippen LogP contribution < -0.4 is 19.5 Å². The molecule has 0 bridgehead atoms. The van der Waals surface area contributed by atoms with Crippen LogP contribution in [0, 0.1) is 17.2 Å². The van der Waals surface area contributed by atoms with Gasteiger partial charge in [0.1, 0.15) is 5.92 Å². The van der Waals surface area contributed by atoms with Gasteiger partial charge >= 0.3 is 0 Å². The molecule has 0 unspecified atom stereocenters. The summed E-state index contributed by atoms with van der Waals surface area (Å²) < 4.78 is 15.9. The predicted molar refractivity (Wildman–Crippen MR) is 106 cm³/mol. The van der Waals surface area contributed by atoms with E-state index in [0.717, 1.165) is 16.5 Å². The first-order chi connectivity index (χ1) is 13.6. The molecule has 1 amide bonds. The Bertz CT molecular complexity index is 1010. The van der Waals surface area contributed by atoms with Gasteiger partial charge in [0, 0.05) is 29.5 Å². The molecule has 7 heteroatoms. The summed E-state index contributed by atoms with van der Waals surface area (Å²) in [6, 6.07) is 13.1. The molecule has 0 aliphatic heterocycles. The van der Waals surface area contributed by atoms with Crippen molar-refractivity contribution in [3.05, 3.63) is 48.2 Å². The number of fused-ring (bicyclic) bond motifs is 1.